The van der Waals surface area contributed by atoms with Crippen molar-refractivity contribution in [2.75, 3.05) is 7.11 Å². The Balaban J connectivity index is 2.14. The van der Waals surface area contributed by atoms with Crippen LogP contribution >= 0.6 is 0 Å². The highest BCUT2D eigenvalue weighted by Gasteiger charge is 2.15. The van der Waals surface area contributed by atoms with Crippen LogP contribution in [0.4, 0.5) is 0 Å². The average molecular weight is 279 g/mol. The third-order valence-electron chi connectivity index (χ3n) is 3.68. The number of hydrogen-bond donors (Lipinski definition) is 1. The lowest BCUT2D eigenvalue weighted by Gasteiger charge is -2.16. The van der Waals surface area contributed by atoms with Crippen molar-refractivity contribution in [3.63, 3.8) is 0 Å². The number of methoxy groups -OCH3 is 1. The molecule has 0 aliphatic carbocycles. The highest BCUT2D eigenvalue weighted by atomic mass is 16.5. The van der Waals surface area contributed by atoms with Crippen molar-refractivity contribution < 1.29 is 9.84 Å². The van der Waals surface area contributed by atoms with Crippen LogP contribution in [0.2, 0.25) is 0 Å². The van der Waals surface area contributed by atoms with Crippen LogP contribution in [0.15, 0.2) is 54.7 Å². The summed E-state index contributed by atoms with van der Waals surface area (Å²) >= 11 is 0. The summed E-state index contributed by atoms with van der Waals surface area (Å²) in [7, 11) is 1.65. The van der Waals surface area contributed by atoms with E-state index in [9.17, 15) is 5.11 Å². The maximum Gasteiger partial charge on any atom is 0.126 e. The zero-order chi connectivity index (χ0) is 14.8. The fourth-order valence-corrected chi connectivity index (χ4v) is 2.53. The lowest BCUT2D eigenvalue weighted by molar-refractivity contribution is 0.221. The number of aryl methyl sites for hydroxylation is 1. The second-order valence-electron chi connectivity index (χ2n) is 5.04. The van der Waals surface area contributed by atoms with Gasteiger partial charge in [0.05, 0.1) is 7.11 Å². The molecule has 1 unspecified atom stereocenters. The average Bonchev–Trinajstić information content (AvgIpc) is 2.54. The van der Waals surface area contributed by atoms with Crippen LogP contribution in [0.25, 0.3) is 10.8 Å². The Hall–Kier alpha value is -2.39. The Morgan fingerprint density at radius 3 is 2.43 bits per heavy atom. The molecule has 3 nitrogen and oxygen atoms in total. The standard InChI is InChI=1S/C18H17NO2/c1-12-7-8-13(11-19-12)18(20)16-9-10-17(21-2)15-6-4-3-5-14(15)16/h3-11,18,20H,1-2H3. The maximum atomic E-state index is 10.7. The third kappa shape index (κ3) is 2.48. The molecule has 2 aromatic carbocycles. The van der Waals surface area contributed by atoms with Crippen molar-refractivity contribution in [3.05, 3.63) is 71.5 Å². The fraction of sp³-hybridized carbons (Fsp3) is 0.167. The van der Waals surface area contributed by atoms with Crippen molar-refractivity contribution in [1.82, 2.24) is 4.98 Å². The van der Waals surface area contributed by atoms with Gasteiger partial charge in [-0.15, -0.1) is 0 Å². The van der Waals surface area contributed by atoms with E-state index in [4.69, 9.17) is 4.74 Å². The fourth-order valence-electron chi connectivity index (χ4n) is 2.53. The van der Waals surface area contributed by atoms with Crippen molar-refractivity contribution in [2.45, 2.75) is 13.0 Å². The molecule has 3 aromatic rings. The molecule has 21 heavy (non-hydrogen) atoms. The number of hydrogen-bond acceptors (Lipinski definition) is 3. The summed E-state index contributed by atoms with van der Waals surface area (Å²) in [6, 6.07) is 15.5. The molecular weight excluding hydrogens is 262 g/mol. The highest BCUT2D eigenvalue weighted by Crippen LogP contribution is 2.33. The summed E-state index contributed by atoms with van der Waals surface area (Å²) in [6.07, 6.45) is 1.02. The van der Waals surface area contributed by atoms with Gasteiger partial charge in [-0.2, -0.15) is 0 Å². The van der Waals surface area contributed by atoms with Gasteiger partial charge in [-0.05, 0) is 30.0 Å². The molecule has 1 heterocycles. The Labute approximate surface area is 123 Å². The van der Waals surface area contributed by atoms with E-state index in [0.717, 1.165) is 33.3 Å². The van der Waals surface area contributed by atoms with Crippen LogP contribution in [0.3, 0.4) is 0 Å². The van der Waals surface area contributed by atoms with Gasteiger partial charge in [0.1, 0.15) is 11.9 Å². The first-order chi connectivity index (χ1) is 10.2. The smallest absolute Gasteiger partial charge is 0.126 e. The summed E-state index contributed by atoms with van der Waals surface area (Å²) in [6.45, 7) is 1.93. The number of pyridine rings is 1. The Morgan fingerprint density at radius 2 is 1.76 bits per heavy atom. The molecule has 0 saturated heterocycles. The normalized spacial score (nSPS) is 12.3. The molecule has 0 saturated carbocycles. The maximum absolute atomic E-state index is 10.7. The number of rotatable bonds is 3. The van der Waals surface area contributed by atoms with Gasteiger partial charge in [0.2, 0.25) is 0 Å². The predicted octanol–water partition coefficient (Wildman–Crippen LogP) is 3.63. The van der Waals surface area contributed by atoms with Crippen molar-refractivity contribution in [1.29, 1.82) is 0 Å². The zero-order valence-electron chi connectivity index (χ0n) is 12.1. The molecule has 0 aliphatic rings. The van der Waals surface area contributed by atoms with E-state index in [1.165, 1.54) is 0 Å². The van der Waals surface area contributed by atoms with Gasteiger partial charge in [0, 0.05) is 22.8 Å². The van der Waals surface area contributed by atoms with E-state index >= 15 is 0 Å². The van der Waals surface area contributed by atoms with Crippen molar-refractivity contribution >= 4 is 10.8 Å². The Morgan fingerprint density at radius 1 is 1.00 bits per heavy atom. The molecular formula is C18H17NO2. The quantitative estimate of drug-likeness (QED) is 0.796. The first-order valence-corrected chi connectivity index (χ1v) is 6.87. The van der Waals surface area contributed by atoms with Gasteiger partial charge in [0.25, 0.3) is 0 Å². The number of aliphatic hydroxyl groups excluding tert-OH is 1. The minimum atomic E-state index is -0.700. The number of nitrogens with zero attached hydrogens (tertiary/aromatic N) is 1. The predicted molar refractivity (Wildman–Crippen MR) is 83.5 cm³/mol. The van der Waals surface area contributed by atoms with E-state index in [-0.39, 0.29) is 0 Å². The second kappa shape index (κ2) is 5.54. The first kappa shape index (κ1) is 13.6. The topological polar surface area (TPSA) is 42.4 Å². The lowest BCUT2D eigenvalue weighted by atomic mass is 9.96. The van der Waals surface area contributed by atoms with E-state index < -0.39 is 6.10 Å². The summed E-state index contributed by atoms with van der Waals surface area (Å²) < 4.78 is 5.39. The van der Waals surface area contributed by atoms with Crippen LogP contribution in [-0.2, 0) is 0 Å². The molecule has 1 atom stereocenters. The van der Waals surface area contributed by atoms with Crippen LogP contribution in [0.1, 0.15) is 22.9 Å². The van der Waals surface area contributed by atoms with Gasteiger partial charge in [-0.3, -0.25) is 4.98 Å². The molecule has 3 heteroatoms. The monoisotopic (exact) mass is 279 g/mol. The van der Waals surface area contributed by atoms with E-state index in [2.05, 4.69) is 4.98 Å². The Kier molecular flexibility index (Phi) is 3.59. The first-order valence-electron chi connectivity index (χ1n) is 6.87. The summed E-state index contributed by atoms with van der Waals surface area (Å²) in [4.78, 5) is 4.25. The SMILES string of the molecule is COc1ccc(C(O)c2ccc(C)nc2)c2ccccc12. The minimum Gasteiger partial charge on any atom is -0.496 e. The number of aliphatic hydroxyl groups is 1. The zero-order valence-corrected chi connectivity index (χ0v) is 12.1. The van der Waals surface area contributed by atoms with E-state index in [1.807, 2.05) is 55.5 Å². The summed E-state index contributed by atoms with van der Waals surface area (Å²) in [5, 5.41) is 12.7. The molecule has 0 bridgehead atoms. The van der Waals surface area contributed by atoms with Gasteiger partial charge < -0.3 is 9.84 Å². The van der Waals surface area contributed by atoms with Gasteiger partial charge in [0.15, 0.2) is 0 Å². The van der Waals surface area contributed by atoms with Crippen LogP contribution in [0, 0.1) is 6.92 Å². The third-order valence-corrected chi connectivity index (χ3v) is 3.68. The molecule has 106 valence electrons. The molecule has 0 radical (unpaired) electrons. The van der Waals surface area contributed by atoms with Crippen molar-refractivity contribution in [3.8, 4) is 5.75 Å². The summed E-state index contributed by atoms with van der Waals surface area (Å²) in [5.41, 5.74) is 2.58. The van der Waals surface area contributed by atoms with E-state index in [1.54, 1.807) is 13.3 Å². The van der Waals surface area contributed by atoms with Gasteiger partial charge in [-0.1, -0.05) is 36.4 Å². The number of aromatic nitrogens is 1. The summed E-state index contributed by atoms with van der Waals surface area (Å²) in [5.74, 6) is 0.809. The van der Waals surface area contributed by atoms with Crippen molar-refractivity contribution in [2.24, 2.45) is 0 Å². The number of benzene rings is 2. The highest BCUT2D eigenvalue weighted by molar-refractivity contribution is 5.91. The Bertz CT molecular complexity index is 766. The minimum absolute atomic E-state index is 0.700. The second-order valence-corrected chi connectivity index (χ2v) is 5.04. The number of fused-ring (bicyclic) bond motifs is 1. The molecule has 1 N–H and O–H groups in total. The largest absolute Gasteiger partial charge is 0.496 e. The molecule has 1 aromatic heterocycles. The molecule has 0 amide bonds. The van der Waals surface area contributed by atoms with Gasteiger partial charge in [-0.25, -0.2) is 0 Å². The molecule has 0 spiro atoms. The van der Waals surface area contributed by atoms with Crippen LogP contribution in [-0.4, -0.2) is 17.2 Å². The lowest BCUT2D eigenvalue weighted by Crippen LogP contribution is -2.02. The van der Waals surface area contributed by atoms with Crippen LogP contribution in [0.5, 0.6) is 5.75 Å². The van der Waals surface area contributed by atoms with Crippen LogP contribution < -0.4 is 4.74 Å². The number of ether oxygens (including phenoxy) is 1. The van der Waals surface area contributed by atoms with E-state index in [0.29, 0.717) is 0 Å². The molecule has 0 fully saturated rings. The van der Waals surface area contributed by atoms with Gasteiger partial charge >= 0.3 is 0 Å². The molecule has 0 aliphatic heterocycles. The molecule has 3 rings (SSSR count).